The van der Waals surface area contributed by atoms with Crippen molar-refractivity contribution < 1.29 is 9.53 Å². The fraction of sp³-hybridized carbons (Fsp3) is 0.150. The Labute approximate surface area is 146 Å². The van der Waals surface area contributed by atoms with Gasteiger partial charge in [0.05, 0.1) is 6.10 Å². The normalized spacial score (nSPS) is 10.5. The molecule has 0 saturated heterocycles. The fourth-order valence-electron chi connectivity index (χ4n) is 2.45. The maximum atomic E-state index is 12.8. The second-order valence-electron chi connectivity index (χ2n) is 5.76. The van der Waals surface area contributed by atoms with Gasteiger partial charge in [0, 0.05) is 29.8 Å². The lowest BCUT2D eigenvalue weighted by Gasteiger charge is -2.14. The molecule has 0 saturated carbocycles. The van der Waals surface area contributed by atoms with Crippen molar-refractivity contribution in [1.82, 2.24) is 9.97 Å². The van der Waals surface area contributed by atoms with E-state index < -0.39 is 0 Å². The molecular weight excluding hydrogens is 314 g/mol. The number of benzene rings is 1. The monoisotopic (exact) mass is 333 g/mol. The van der Waals surface area contributed by atoms with Crippen LogP contribution in [0.5, 0.6) is 5.88 Å². The van der Waals surface area contributed by atoms with E-state index in [0.29, 0.717) is 11.4 Å². The first-order chi connectivity index (χ1) is 12.1. The maximum Gasteiger partial charge on any atom is 0.261 e. The number of ether oxygens (including phenoxy) is 1. The van der Waals surface area contributed by atoms with Gasteiger partial charge < -0.3 is 10.1 Å². The third kappa shape index (κ3) is 4.01. The van der Waals surface area contributed by atoms with Crippen LogP contribution in [-0.2, 0) is 0 Å². The summed E-state index contributed by atoms with van der Waals surface area (Å²) in [5.74, 6) is 0.0710. The van der Waals surface area contributed by atoms with Gasteiger partial charge in [0.15, 0.2) is 0 Å². The summed E-state index contributed by atoms with van der Waals surface area (Å²) in [5.41, 5.74) is 3.03. The molecular formula is C20H19N3O2. The summed E-state index contributed by atoms with van der Waals surface area (Å²) in [6, 6.07) is 14.9. The molecule has 5 nitrogen and oxygen atoms in total. The second-order valence-corrected chi connectivity index (χ2v) is 5.76. The predicted molar refractivity (Wildman–Crippen MR) is 97.6 cm³/mol. The quantitative estimate of drug-likeness (QED) is 0.760. The molecule has 0 unspecified atom stereocenters. The van der Waals surface area contributed by atoms with Crippen molar-refractivity contribution in [2.75, 3.05) is 5.32 Å². The number of pyridine rings is 2. The molecule has 0 fully saturated rings. The lowest BCUT2D eigenvalue weighted by atomic mass is 10.0. The van der Waals surface area contributed by atoms with E-state index in [1.54, 1.807) is 30.7 Å². The molecule has 1 amide bonds. The third-order valence-electron chi connectivity index (χ3n) is 3.53. The highest BCUT2D eigenvalue weighted by Crippen LogP contribution is 2.28. The van der Waals surface area contributed by atoms with Crippen LogP contribution < -0.4 is 10.1 Å². The molecule has 3 rings (SSSR count). The van der Waals surface area contributed by atoms with Gasteiger partial charge in [-0.2, -0.15) is 0 Å². The summed E-state index contributed by atoms with van der Waals surface area (Å²) >= 11 is 0. The summed E-state index contributed by atoms with van der Waals surface area (Å²) in [6.45, 7) is 3.80. The first-order valence-corrected chi connectivity index (χ1v) is 8.07. The number of anilines is 1. The lowest BCUT2D eigenvalue weighted by Crippen LogP contribution is -2.17. The smallest absolute Gasteiger partial charge is 0.261 e. The second kappa shape index (κ2) is 7.57. The molecule has 1 N–H and O–H groups in total. The Balaban J connectivity index is 1.91. The van der Waals surface area contributed by atoms with Gasteiger partial charge in [0.2, 0.25) is 5.88 Å². The van der Waals surface area contributed by atoms with Crippen LogP contribution in [0.2, 0.25) is 0 Å². The Kier molecular flexibility index (Phi) is 5.04. The Morgan fingerprint density at radius 2 is 1.76 bits per heavy atom. The zero-order valence-corrected chi connectivity index (χ0v) is 14.1. The minimum atomic E-state index is -0.259. The number of rotatable bonds is 5. The number of carbonyl (C=O) groups excluding carboxylic acids is 1. The van der Waals surface area contributed by atoms with E-state index in [1.165, 1.54) is 0 Å². The van der Waals surface area contributed by atoms with Crippen LogP contribution in [0.15, 0.2) is 67.1 Å². The zero-order chi connectivity index (χ0) is 17.6. The summed E-state index contributed by atoms with van der Waals surface area (Å²) in [6.07, 6.45) is 5.00. The maximum absolute atomic E-state index is 12.8. The number of nitrogens with one attached hydrogen (secondary N) is 1. The highest BCUT2D eigenvalue weighted by molar-refractivity contribution is 6.07. The number of nitrogens with zero attached hydrogens (tertiary/aromatic N) is 2. The molecule has 126 valence electrons. The van der Waals surface area contributed by atoms with E-state index in [9.17, 15) is 4.79 Å². The summed E-state index contributed by atoms with van der Waals surface area (Å²) < 4.78 is 5.64. The fourth-order valence-corrected chi connectivity index (χ4v) is 2.45. The van der Waals surface area contributed by atoms with Crippen molar-refractivity contribution in [1.29, 1.82) is 0 Å². The molecule has 2 heterocycles. The van der Waals surface area contributed by atoms with Crippen molar-refractivity contribution in [3.63, 3.8) is 0 Å². The molecule has 0 aliphatic rings. The summed E-state index contributed by atoms with van der Waals surface area (Å²) in [4.78, 5) is 21.0. The van der Waals surface area contributed by atoms with Crippen molar-refractivity contribution in [2.24, 2.45) is 0 Å². The molecule has 0 spiro atoms. The Bertz CT molecular complexity index is 864. The summed E-state index contributed by atoms with van der Waals surface area (Å²) in [7, 11) is 0. The molecule has 0 aliphatic carbocycles. The van der Waals surface area contributed by atoms with Crippen LogP contribution in [0.25, 0.3) is 11.1 Å². The van der Waals surface area contributed by atoms with E-state index >= 15 is 0 Å². The summed E-state index contributed by atoms with van der Waals surface area (Å²) in [5, 5.41) is 2.96. The average molecular weight is 333 g/mol. The van der Waals surface area contributed by atoms with Gasteiger partial charge in [-0.25, -0.2) is 4.98 Å². The average Bonchev–Trinajstić information content (AvgIpc) is 2.63. The molecule has 0 radical (unpaired) electrons. The number of amides is 1. The molecule has 5 heteroatoms. The Morgan fingerprint density at radius 1 is 1.00 bits per heavy atom. The van der Waals surface area contributed by atoms with Crippen molar-refractivity contribution in [3.05, 3.63) is 72.7 Å². The lowest BCUT2D eigenvalue weighted by molar-refractivity contribution is 0.102. The minimum Gasteiger partial charge on any atom is -0.474 e. The van der Waals surface area contributed by atoms with E-state index in [0.717, 1.165) is 16.8 Å². The van der Waals surface area contributed by atoms with Crippen molar-refractivity contribution >= 4 is 11.6 Å². The van der Waals surface area contributed by atoms with Gasteiger partial charge in [-0.15, -0.1) is 0 Å². The topological polar surface area (TPSA) is 64.1 Å². The first-order valence-electron chi connectivity index (χ1n) is 8.07. The third-order valence-corrected chi connectivity index (χ3v) is 3.53. The first kappa shape index (κ1) is 16.6. The molecule has 25 heavy (non-hydrogen) atoms. The SMILES string of the molecule is CC(C)Oc1ncccc1C(=O)Nc1ccccc1-c1ccncc1. The Hall–Kier alpha value is -3.21. The highest BCUT2D eigenvalue weighted by Gasteiger charge is 2.16. The van der Waals surface area contributed by atoms with Crippen LogP contribution in [-0.4, -0.2) is 22.0 Å². The largest absolute Gasteiger partial charge is 0.474 e. The zero-order valence-electron chi connectivity index (χ0n) is 14.1. The molecule has 0 bridgehead atoms. The van der Waals surface area contributed by atoms with Crippen LogP contribution in [0.1, 0.15) is 24.2 Å². The number of aromatic nitrogens is 2. The van der Waals surface area contributed by atoms with Gasteiger partial charge in [-0.05, 0) is 49.7 Å². The molecule has 0 atom stereocenters. The Morgan fingerprint density at radius 3 is 2.52 bits per heavy atom. The predicted octanol–water partition coefficient (Wildman–Crippen LogP) is 4.18. The molecule has 0 aliphatic heterocycles. The van der Waals surface area contributed by atoms with Gasteiger partial charge in [-0.3, -0.25) is 9.78 Å². The molecule has 3 aromatic rings. The van der Waals surface area contributed by atoms with E-state index in [4.69, 9.17) is 4.74 Å². The van der Waals surface area contributed by atoms with Crippen molar-refractivity contribution in [2.45, 2.75) is 20.0 Å². The number of para-hydroxylation sites is 1. The van der Waals surface area contributed by atoms with Crippen LogP contribution in [0.3, 0.4) is 0 Å². The molecule has 1 aromatic carbocycles. The van der Waals surface area contributed by atoms with Gasteiger partial charge >= 0.3 is 0 Å². The number of hydrogen-bond donors (Lipinski definition) is 1. The minimum absolute atomic E-state index is 0.0643. The van der Waals surface area contributed by atoms with Crippen LogP contribution in [0.4, 0.5) is 5.69 Å². The standard InChI is InChI=1S/C20H19N3O2/c1-14(2)25-20-17(7-5-11-22-20)19(24)23-18-8-4-3-6-16(18)15-9-12-21-13-10-15/h3-14H,1-2H3,(H,23,24). The van der Waals surface area contributed by atoms with E-state index in [-0.39, 0.29) is 12.0 Å². The van der Waals surface area contributed by atoms with Crippen LogP contribution in [0, 0.1) is 0 Å². The highest BCUT2D eigenvalue weighted by atomic mass is 16.5. The van der Waals surface area contributed by atoms with Crippen LogP contribution >= 0.6 is 0 Å². The van der Waals surface area contributed by atoms with E-state index in [2.05, 4.69) is 15.3 Å². The number of hydrogen-bond acceptors (Lipinski definition) is 4. The molecule has 2 aromatic heterocycles. The van der Waals surface area contributed by atoms with Gasteiger partial charge in [0.25, 0.3) is 5.91 Å². The van der Waals surface area contributed by atoms with E-state index in [1.807, 2.05) is 50.2 Å². The number of carbonyl (C=O) groups is 1. The van der Waals surface area contributed by atoms with Crippen molar-refractivity contribution in [3.8, 4) is 17.0 Å². The van der Waals surface area contributed by atoms with Gasteiger partial charge in [-0.1, -0.05) is 18.2 Å². The van der Waals surface area contributed by atoms with Gasteiger partial charge in [0.1, 0.15) is 5.56 Å².